The molecule has 1 N–H and O–H groups in total. The fourth-order valence-corrected chi connectivity index (χ4v) is 3.18. The fraction of sp³-hybridized carbons (Fsp3) is 0.625. The maximum atomic E-state index is 9.94. The lowest BCUT2D eigenvalue weighted by Crippen LogP contribution is -2.31. The number of likely N-dealkylation sites (tertiary alicyclic amines) is 1. The third-order valence-electron chi connectivity index (χ3n) is 3.84. The summed E-state index contributed by atoms with van der Waals surface area (Å²) in [4.78, 5) is 4.84. The summed E-state index contributed by atoms with van der Waals surface area (Å²) in [6.07, 6.45) is 2.68. The standard InChI is InChI=1S/C16H25BrN2O2/c1-3-21-15-11-13(10-14(17)16(15)20)12-18(2)8-9-19-6-4-5-7-19/h10-11,20H,3-9,12H2,1-2H3. The summed E-state index contributed by atoms with van der Waals surface area (Å²) in [5, 5.41) is 9.94. The van der Waals surface area contributed by atoms with Crippen LogP contribution in [0.1, 0.15) is 25.3 Å². The van der Waals surface area contributed by atoms with Gasteiger partial charge in [0.2, 0.25) is 0 Å². The highest BCUT2D eigenvalue weighted by molar-refractivity contribution is 9.10. The van der Waals surface area contributed by atoms with Crippen molar-refractivity contribution in [2.45, 2.75) is 26.3 Å². The Hall–Kier alpha value is -0.780. The Morgan fingerprint density at radius 1 is 1.33 bits per heavy atom. The van der Waals surface area contributed by atoms with Crippen molar-refractivity contribution in [3.05, 3.63) is 22.2 Å². The molecule has 0 aliphatic carbocycles. The van der Waals surface area contributed by atoms with Crippen molar-refractivity contribution in [1.29, 1.82) is 0 Å². The van der Waals surface area contributed by atoms with E-state index in [1.165, 1.54) is 25.9 Å². The van der Waals surface area contributed by atoms with Gasteiger partial charge in [-0.3, -0.25) is 0 Å². The summed E-state index contributed by atoms with van der Waals surface area (Å²) in [5.74, 6) is 0.732. The van der Waals surface area contributed by atoms with Crippen molar-refractivity contribution < 1.29 is 9.84 Å². The van der Waals surface area contributed by atoms with Gasteiger partial charge >= 0.3 is 0 Å². The van der Waals surface area contributed by atoms with Crippen molar-refractivity contribution in [2.75, 3.05) is 39.8 Å². The Morgan fingerprint density at radius 2 is 2.05 bits per heavy atom. The number of halogens is 1. The maximum absolute atomic E-state index is 9.94. The molecule has 0 radical (unpaired) electrons. The van der Waals surface area contributed by atoms with Crippen LogP contribution in [0.2, 0.25) is 0 Å². The average molecular weight is 357 g/mol. The Labute approximate surface area is 135 Å². The number of phenols is 1. The fourth-order valence-electron chi connectivity index (χ4n) is 2.69. The number of benzene rings is 1. The highest BCUT2D eigenvalue weighted by Gasteiger charge is 2.13. The molecule has 2 rings (SSSR count). The third kappa shape index (κ3) is 4.87. The van der Waals surface area contributed by atoms with Crippen LogP contribution < -0.4 is 4.74 Å². The molecule has 0 bridgehead atoms. The van der Waals surface area contributed by atoms with Crippen LogP contribution in [0.15, 0.2) is 16.6 Å². The van der Waals surface area contributed by atoms with E-state index in [0.717, 1.165) is 25.2 Å². The summed E-state index contributed by atoms with van der Waals surface area (Å²) in [6, 6.07) is 3.89. The van der Waals surface area contributed by atoms with Gasteiger partial charge in [0.05, 0.1) is 11.1 Å². The maximum Gasteiger partial charge on any atom is 0.172 e. The minimum Gasteiger partial charge on any atom is -0.503 e. The predicted octanol–water partition coefficient (Wildman–Crippen LogP) is 3.08. The lowest BCUT2D eigenvalue weighted by Gasteiger charge is -2.22. The van der Waals surface area contributed by atoms with Crippen LogP contribution in [0.4, 0.5) is 0 Å². The molecule has 118 valence electrons. The number of hydrogen-bond acceptors (Lipinski definition) is 4. The monoisotopic (exact) mass is 356 g/mol. The first-order chi connectivity index (χ1) is 10.1. The second-order valence-electron chi connectivity index (χ2n) is 5.64. The van der Waals surface area contributed by atoms with Crippen molar-refractivity contribution in [3.8, 4) is 11.5 Å². The molecule has 1 fully saturated rings. The Balaban J connectivity index is 1.91. The number of nitrogens with zero attached hydrogens (tertiary/aromatic N) is 2. The second-order valence-corrected chi connectivity index (χ2v) is 6.50. The van der Waals surface area contributed by atoms with Gasteiger partial charge in [-0.25, -0.2) is 0 Å². The van der Waals surface area contributed by atoms with E-state index in [1.54, 1.807) is 0 Å². The van der Waals surface area contributed by atoms with Crippen LogP contribution in [0.3, 0.4) is 0 Å². The van der Waals surface area contributed by atoms with Gasteiger partial charge in [0, 0.05) is 19.6 Å². The van der Waals surface area contributed by atoms with Crippen LogP contribution in [0.25, 0.3) is 0 Å². The smallest absolute Gasteiger partial charge is 0.172 e. The van der Waals surface area contributed by atoms with Gasteiger partial charge in [-0.2, -0.15) is 0 Å². The molecule has 1 aliphatic heterocycles. The SMILES string of the molecule is CCOc1cc(CN(C)CCN2CCCC2)cc(Br)c1O. The Bertz CT molecular complexity index is 462. The van der Waals surface area contributed by atoms with Gasteiger partial charge in [-0.15, -0.1) is 0 Å². The molecule has 0 aromatic heterocycles. The van der Waals surface area contributed by atoms with E-state index in [2.05, 4.69) is 32.8 Å². The molecule has 1 heterocycles. The van der Waals surface area contributed by atoms with E-state index in [0.29, 0.717) is 16.8 Å². The first-order valence-electron chi connectivity index (χ1n) is 7.65. The number of hydrogen-bond donors (Lipinski definition) is 1. The summed E-state index contributed by atoms with van der Waals surface area (Å²) >= 11 is 3.39. The molecule has 21 heavy (non-hydrogen) atoms. The van der Waals surface area contributed by atoms with Gasteiger partial charge < -0.3 is 19.6 Å². The van der Waals surface area contributed by atoms with E-state index >= 15 is 0 Å². The third-order valence-corrected chi connectivity index (χ3v) is 4.44. The molecule has 1 aromatic rings. The van der Waals surface area contributed by atoms with Gasteiger partial charge in [0.1, 0.15) is 0 Å². The molecule has 1 aromatic carbocycles. The average Bonchev–Trinajstić information content (AvgIpc) is 2.95. The quantitative estimate of drug-likeness (QED) is 0.814. The van der Waals surface area contributed by atoms with E-state index in [4.69, 9.17) is 4.74 Å². The molecular formula is C16H25BrN2O2. The number of phenolic OH excluding ortho intramolecular Hbond substituents is 1. The summed E-state index contributed by atoms with van der Waals surface area (Å²) in [6.45, 7) is 8.00. The van der Waals surface area contributed by atoms with Crippen LogP contribution >= 0.6 is 15.9 Å². The minimum absolute atomic E-state index is 0.181. The Morgan fingerprint density at radius 3 is 2.71 bits per heavy atom. The zero-order valence-corrected chi connectivity index (χ0v) is 14.5. The van der Waals surface area contributed by atoms with Crippen molar-refractivity contribution in [2.24, 2.45) is 0 Å². The van der Waals surface area contributed by atoms with E-state index in [1.807, 2.05) is 19.1 Å². The van der Waals surface area contributed by atoms with Gasteiger partial charge in [0.15, 0.2) is 11.5 Å². The van der Waals surface area contributed by atoms with Crippen molar-refractivity contribution in [3.63, 3.8) is 0 Å². The highest BCUT2D eigenvalue weighted by Crippen LogP contribution is 2.35. The van der Waals surface area contributed by atoms with Gasteiger partial charge in [0.25, 0.3) is 0 Å². The molecule has 0 amide bonds. The number of likely N-dealkylation sites (N-methyl/N-ethyl adjacent to an activating group) is 1. The van der Waals surface area contributed by atoms with Crippen molar-refractivity contribution >= 4 is 15.9 Å². The van der Waals surface area contributed by atoms with Crippen LogP contribution in [-0.4, -0.2) is 54.7 Å². The molecule has 1 aliphatic rings. The van der Waals surface area contributed by atoms with Gasteiger partial charge in [-0.1, -0.05) is 0 Å². The molecule has 0 spiro atoms. The zero-order chi connectivity index (χ0) is 15.2. The lowest BCUT2D eigenvalue weighted by molar-refractivity contribution is 0.251. The molecule has 5 heteroatoms. The number of aromatic hydroxyl groups is 1. The second kappa shape index (κ2) is 8.01. The van der Waals surface area contributed by atoms with Crippen molar-refractivity contribution in [1.82, 2.24) is 9.80 Å². The lowest BCUT2D eigenvalue weighted by atomic mass is 10.2. The van der Waals surface area contributed by atoms with Crippen LogP contribution in [-0.2, 0) is 6.54 Å². The van der Waals surface area contributed by atoms with E-state index < -0.39 is 0 Å². The van der Waals surface area contributed by atoms with E-state index in [9.17, 15) is 5.11 Å². The first kappa shape index (κ1) is 16.6. The molecule has 1 saturated heterocycles. The molecular weight excluding hydrogens is 332 g/mol. The largest absolute Gasteiger partial charge is 0.503 e. The van der Waals surface area contributed by atoms with E-state index in [-0.39, 0.29) is 5.75 Å². The van der Waals surface area contributed by atoms with Crippen LogP contribution in [0.5, 0.6) is 11.5 Å². The summed E-state index contributed by atoms with van der Waals surface area (Å²) < 4.78 is 6.17. The molecule has 0 atom stereocenters. The van der Waals surface area contributed by atoms with Crippen LogP contribution in [0, 0.1) is 0 Å². The number of ether oxygens (including phenoxy) is 1. The molecule has 0 saturated carbocycles. The summed E-state index contributed by atoms with van der Waals surface area (Å²) in [7, 11) is 2.14. The topological polar surface area (TPSA) is 35.9 Å². The highest BCUT2D eigenvalue weighted by atomic mass is 79.9. The molecule has 4 nitrogen and oxygen atoms in total. The predicted molar refractivity (Wildman–Crippen MR) is 89.0 cm³/mol. The molecule has 0 unspecified atom stereocenters. The summed E-state index contributed by atoms with van der Waals surface area (Å²) in [5.41, 5.74) is 1.15. The Kier molecular flexibility index (Phi) is 6.33. The number of rotatable bonds is 7. The zero-order valence-electron chi connectivity index (χ0n) is 12.9. The van der Waals surface area contributed by atoms with Gasteiger partial charge in [-0.05, 0) is 73.5 Å². The minimum atomic E-state index is 0.181. The first-order valence-corrected chi connectivity index (χ1v) is 8.44. The normalized spacial score (nSPS) is 15.8.